The third-order valence-corrected chi connectivity index (χ3v) is 4.55. The minimum Gasteiger partial charge on any atom is -0.386 e. The van der Waals surface area contributed by atoms with Crippen molar-refractivity contribution in [2.75, 3.05) is 6.54 Å². The van der Waals surface area contributed by atoms with Crippen LogP contribution < -0.4 is 5.32 Å². The minimum absolute atomic E-state index is 0.193. The molecular formula is C13H23NOS. The maximum atomic E-state index is 10.0. The molecule has 1 heterocycles. The van der Waals surface area contributed by atoms with E-state index in [1.165, 1.54) is 0 Å². The van der Waals surface area contributed by atoms with Gasteiger partial charge in [0.2, 0.25) is 0 Å². The lowest BCUT2D eigenvalue weighted by Crippen LogP contribution is -2.45. The van der Waals surface area contributed by atoms with Crippen LogP contribution in [-0.4, -0.2) is 17.2 Å². The summed E-state index contributed by atoms with van der Waals surface area (Å²) in [5.41, 5.74) is 0.193. The van der Waals surface area contributed by atoms with E-state index in [-0.39, 0.29) is 11.6 Å². The molecule has 16 heavy (non-hydrogen) atoms. The van der Waals surface area contributed by atoms with Gasteiger partial charge in [-0.15, -0.1) is 11.3 Å². The third-order valence-electron chi connectivity index (χ3n) is 3.57. The molecule has 0 fully saturated rings. The Morgan fingerprint density at radius 1 is 1.31 bits per heavy atom. The summed E-state index contributed by atoms with van der Waals surface area (Å²) >= 11 is 1.61. The molecule has 0 saturated heterocycles. The zero-order valence-corrected chi connectivity index (χ0v) is 11.3. The van der Waals surface area contributed by atoms with Gasteiger partial charge in [0.15, 0.2) is 0 Å². The Morgan fingerprint density at radius 2 is 1.94 bits per heavy atom. The molecule has 1 aromatic heterocycles. The lowest BCUT2D eigenvalue weighted by molar-refractivity contribution is 0.153. The fourth-order valence-electron chi connectivity index (χ4n) is 2.02. The van der Waals surface area contributed by atoms with E-state index in [2.05, 4.69) is 26.1 Å². The molecule has 1 unspecified atom stereocenters. The molecule has 0 amide bonds. The largest absolute Gasteiger partial charge is 0.386 e. The first kappa shape index (κ1) is 13.7. The van der Waals surface area contributed by atoms with Gasteiger partial charge < -0.3 is 10.4 Å². The number of hydrogen-bond acceptors (Lipinski definition) is 3. The van der Waals surface area contributed by atoms with Crippen molar-refractivity contribution in [3.63, 3.8) is 0 Å². The first-order valence-electron chi connectivity index (χ1n) is 6.14. The summed E-state index contributed by atoms with van der Waals surface area (Å²) in [5.74, 6) is 0. The first-order chi connectivity index (χ1) is 7.67. The van der Waals surface area contributed by atoms with E-state index in [0.717, 1.165) is 24.1 Å². The molecule has 0 aliphatic rings. The van der Waals surface area contributed by atoms with Gasteiger partial charge in [0.25, 0.3) is 0 Å². The van der Waals surface area contributed by atoms with Crippen LogP contribution in [0.5, 0.6) is 0 Å². The summed E-state index contributed by atoms with van der Waals surface area (Å²) in [5, 5.41) is 15.5. The fourth-order valence-corrected chi connectivity index (χ4v) is 2.73. The highest BCUT2D eigenvalue weighted by Crippen LogP contribution is 2.22. The smallest absolute Gasteiger partial charge is 0.101 e. The second-order valence-electron chi connectivity index (χ2n) is 4.25. The van der Waals surface area contributed by atoms with Gasteiger partial charge in [-0.25, -0.2) is 0 Å². The molecule has 2 N–H and O–H groups in total. The average molecular weight is 241 g/mol. The quantitative estimate of drug-likeness (QED) is 0.767. The van der Waals surface area contributed by atoms with E-state index in [9.17, 15) is 5.11 Å². The molecular weight excluding hydrogens is 218 g/mol. The maximum absolute atomic E-state index is 10.0. The van der Waals surface area contributed by atoms with Crippen molar-refractivity contribution in [3.8, 4) is 0 Å². The van der Waals surface area contributed by atoms with Gasteiger partial charge >= 0.3 is 0 Å². The van der Waals surface area contributed by atoms with Gasteiger partial charge in [-0.3, -0.25) is 0 Å². The molecule has 1 aromatic rings. The Labute approximate surface area is 103 Å². The number of hydrogen-bond donors (Lipinski definition) is 2. The second kappa shape index (κ2) is 6.38. The number of rotatable bonds is 7. The maximum Gasteiger partial charge on any atom is 0.101 e. The standard InChI is InChI=1S/C13H23NOS/c1-4-13(5-2,6-3)14-10-11(15)12-8-7-9-16-12/h7-9,11,14-15H,4-6,10H2,1-3H3. The van der Waals surface area contributed by atoms with Crippen LogP contribution in [0, 0.1) is 0 Å². The van der Waals surface area contributed by atoms with Crippen LogP contribution in [0.25, 0.3) is 0 Å². The van der Waals surface area contributed by atoms with E-state index >= 15 is 0 Å². The SMILES string of the molecule is CCC(CC)(CC)NCC(O)c1cccs1. The average Bonchev–Trinajstić information content (AvgIpc) is 2.85. The van der Waals surface area contributed by atoms with E-state index in [0.29, 0.717) is 6.54 Å². The number of thiophene rings is 1. The summed E-state index contributed by atoms with van der Waals surface area (Å²) in [6.07, 6.45) is 2.95. The van der Waals surface area contributed by atoms with Gasteiger partial charge in [0.1, 0.15) is 6.10 Å². The minimum atomic E-state index is -0.371. The zero-order valence-electron chi connectivity index (χ0n) is 10.5. The van der Waals surface area contributed by atoms with E-state index < -0.39 is 0 Å². The summed E-state index contributed by atoms with van der Waals surface area (Å²) in [7, 11) is 0. The third kappa shape index (κ3) is 3.30. The monoisotopic (exact) mass is 241 g/mol. The van der Waals surface area contributed by atoms with Crippen LogP contribution in [0.1, 0.15) is 51.0 Å². The van der Waals surface area contributed by atoms with Crippen LogP contribution in [0.4, 0.5) is 0 Å². The van der Waals surface area contributed by atoms with E-state index in [4.69, 9.17) is 0 Å². The highest BCUT2D eigenvalue weighted by atomic mass is 32.1. The Hall–Kier alpha value is -0.380. The van der Waals surface area contributed by atoms with Crippen molar-refractivity contribution in [3.05, 3.63) is 22.4 Å². The normalized spacial score (nSPS) is 14.0. The topological polar surface area (TPSA) is 32.3 Å². The predicted octanol–water partition coefficient (Wildman–Crippen LogP) is 3.34. The summed E-state index contributed by atoms with van der Waals surface area (Å²) in [6.45, 7) is 7.27. The molecule has 0 radical (unpaired) electrons. The lowest BCUT2D eigenvalue weighted by Gasteiger charge is -2.32. The highest BCUT2D eigenvalue weighted by molar-refractivity contribution is 7.10. The number of β-amino-alcohol motifs (C(OH)–C–C–N with tert-alkyl or cyclic N) is 1. The van der Waals surface area contributed by atoms with Gasteiger partial charge in [-0.05, 0) is 30.7 Å². The van der Waals surface area contributed by atoms with Crippen LogP contribution in [0.15, 0.2) is 17.5 Å². The van der Waals surface area contributed by atoms with Crippen molar-refractivity contribution in [1.82, 2.24) is 5.32 Å². The highest BCUT2D eigenvalue weighted by Gasteiger charge is 2.24. The fraction of sp³-hybridized carbons (Fsp3) is 0.692. The van der Waals surface area contributed by atoms with Crippen LogP contribution >= 0.6 is 11.3 Å². The molecule has 0 aliphatic carbocycles. The van der Waals surface area contributed by atoms with Crippen LogP contribution in [-0.2, 0) is 0 Å². The number of nitrogens with one attached hydrogen (secondary N) is 1. The van der Waals surface area contributed by atoms with E-state index in [1.807, 2.05) is 17.5 Å². The molecule has 92 valence electrons. The second-order valence-corrected chi connectivity index (χ2v) is 5.23. The van der Waals surface area contributed by atoms with Gasteiger partial charge in [-0.2, -0.15) is 0 Å². The van der Waals surface area contributed by atoms with Gasteiger partial charge in [-0.1, -0.05) is 26.8 Å². The van der Waals surface area contributed by atoms with Gasteiger partial charge in [0, 0.05) is 17.0 Å². The Balaban J connectivity index is 2.49. The first-order valence-corrected chi connectivity index (χ1v) is 7.02. The molecule has 2 nitrogen and oxygen atoms in total. The van der Waals surface area contributed by atoms with Gasteiger partial charge in [0.05, 0.1) is 0 Å². The molecule has 0 bridgehead atoms. The Kier molecular flexibility index (Phi) is 5.46. The summed E-state index contributed by atoms with van der Waals surface area (Å²) in [6, 6.07) is 3.97. The lowest BCUT2D eigenvalue weighted by atomic mass is 9.89. The van der Waals surface area contributed by atoms with Crippen molar-refractivity contribution in [2.24, 2.45) is 0 Å². The zero-order chi connectivity index (χ0) is 12.0. The summed E-state index contributed by atoms with van der Waals surface area (Å²) in [4.78, 5) is 1.05. The molecule has 1 rings (SSSR count). The molecule has 0 aliphatic heterocycles. The summed E-state index contributed by atoms with van der Waals surface area (Å²) < 4.78 is 0. The van der Waals surface area contributed by atoms with Crippen LogP contribution in [0.3, 0.4) is 0 Å². The van der Waals surface area contributed by atoms with Crippen molar-refractivity contribution < 1.29 is 5.11 Å². The Bertz CT molecular complexity index is 272. The van der Waals surface area contributed by atoms with Crippen LogP contribution in [0.2, 0.25) is 0 Å². The van der Waals surface area contributed by atoms with Crippen molar-refractivity contribution in [1.29, 1.82) is 0 Å². The molecule has 0 saturated carbocycles. The molecule has 0 aromatic carbocycles. The van der Waals surface area contributed by atoms with E-state index in [1.54, 1.807) is 11.3 Å². The Morgan fingerprint density at radius 3 is 2.38 bits per heavy atom. The number of aliphatic hydroxyl groups is 1. The predicted molar refractivity (Wildman–Crippen MR) is 70.9 cm³/mol. The molecule has 1 atom stereocenters. The number of aliphatic hydroxyl groups excluding tert-OH is 1. The molecule has 3 heteroatoms. The van der Waals surface area contributed by atoms with Crippen molar-refractivity contribution in [2.45, 2.75) is 51.7 Å². The molecule has 0 spiro atoms. The van der Waals surface area contributed by atoms with Crippen molar-refractivity contribution >= 4 is 11.3 Å².